The van der Waals surface area contributed by atoms with Crippen molar-refractivity contribution in [1.82, 2.24) is 0 Å². The molecule has 0 bridgehead atoms. The van der Waals surface area contributed by atoms with Gasteiger partial charge in [0.25, 0.3) is 0 Å². The minimum atomic E-state index is -2.76. The fourth-order valence-corrected chi connectivity index (χ4v) is 2.63. The molecule has 1 rings (SSSR count). The Kier molecular flexibility index (Phi) is 3.74. The smallest absolute Gasteiger partial charge is 0.147 e. The highest BCUT2D eigenvalue weighted by Crippen LogP contribution is 2.36. The lowest BCUT2D eigenvalue weighted by Gasteiger charge is -2.35. The summed E-state index contributed by atoms with van der Waals surface area (Å²) < 4.78 is 21.7. The molecule has 0 radical (unpaired) electrons. The van der Waals surface area contributed by atoms with Crippen molar-refractivity contribution in [2.45, 2.75) is 25.7 Å². The monoisotopic (exact) mass is 205 g/mol. The first kappa shape index (κ1) is 11.0. The van der Waals surface area contributed by atoms with E-state index in [-0.39, 0.29) is 0 Å². The molecule has 2 N–H and O–H groups in total. The number of hydrogen-bond acceptors (Lipinski definition) is 3. The molecule has 3 nitrogen and oxygen atoms in total. The van der Waals surface area contributed by atoms with Crippen molar-refractivity contribution in [2.75, 3.05) is 18.6 Å². The van der Waals surface area contributed by atoms with Crippen molar-refractivity contribution < 1.29 is 8.42 Å². The Morgan fingerprint density at radius 3 is 2.31 bits per heavy atom. The van der Waals surface area contributed by atoms with Crippen LogP contribution in [0.4, 0.5) is 0 Å². The molecule has 0 aromatic heterocycles. The third-order valence-corrected chi connectivity index (χ3v) is 4.00. The summed E-state index contributed by atoms with van der Waals surface area (Å²) in [6.45, 7) is 0.767. The van der Waals surface area contributed by atoms with Gasteiger partial charge >= 0.3 is 0 Å². The minimum absolute atomic E-state index is 0.334. The second kappa shape index (κ2) is 4.42. The van der Waals surface area contributed by atoms with Gasteiger partial charge in [-0.2, -0.15) is 0 Å². The van der Waals surface area contributed by atoms with Crippen LogP contribution in [0, 0.1) is 11.8 Å². The highest BCUT2D eigenvalue weighted by Gasteiger charge is 2.28. The molecule has 78 valence electrons. The SMILES string of the molecule is CS(=O)(=O)CCCC1CCC1CN. The van der Waals surface area contributed by atoms with Gasteiger partial charge in [-0.05, 0) is 44.1 Å². The maximum atomic E-state index is 10.8. The summed E-state index contributed by atoms with van der Waals surface area (Å²) in [6, 6.07) is 0. The van der Waals surface area contributed by atoms with Gasteiger partial charge in [-0.25, -0.2) is 8.42 Å². The lowest BCUT2D eigenvalue weighted by molar-refractivity contribution is 0.171. The third kappa shape index (κ3) is 3.65. The molecule has 2 unspecified atom stereocenters. The van der Waals surface area contributed by atoms with Gasteiger partial charge < -0.3 is 5.73 Å². The molecule has 1 saturated carbocycles. The quantitative estimate of drug-likeness (QED) is 0.722. The van der Waals surface area contributed by atoms with Crippen LogP contribution in [0.1, 0.15) is 25.7 Å². The summed E-state index contributed by atoms with van der Waals surface area (Å²) in [6.07, 6.45) is 5.62. The van der Waals surface area contributed by atoms with Crippen molar-refractivity contribution in [3.63, 3.8) is 0 Å². The summed E-state index contributed by atoms with van der Waals surface area (Å²) in [5.74, 6) is 1.70. The molecule has 13 heavy (non-hydrogen) atoms. The fraction of sp³-hybridized carbons (Fsp3) is 1.00. The van der Waals surface area contributed by atoms with Crippen LogP contribution >= 0.6 is 0 Å². The summed E-state index contributed by atoms with van der Waals surface area (Å²) in [5, 5.41) is 0. The normalized spacial score (nSPS) is 28.5. The van der Waals surface area contributed by atoms with E-state index < -0.39 is 9.84 Å². The molecule has 0 aliphatic heterocycles. The molecule has 0 aromatic carbocycles. The second-order valence-corrected chi connectivity index (χ2v) is 6.37. The van der Waals surface area contributed by atoms with Crippen LogP contribution < -0.4 is 5.73 Å². The van der Waals surface area contributed by atoms with E-state index in [1.807, 2.05) is 0 Å². The molecule has 0 spiro atoms. The molecule has 2 atom stereocenters. The Hall–Kier alpha value is -0.0900. The molecule has 1 fully saturated rings. The van der Waals surface area contributed by atoms with Crippen LogP contribution in [0.25, 0.3) is 0 Å². The first-order valence-corrected chi connectivity index (χ1v) is 6.97. The zero-order valence-electron chi connectivity index (χ0n) is 8.20. The van der Waals surface area contributed by atoms with Crippen LogP contribution in [0.15, 0.2) is 0 Å². The standard InChI is InChI=1S/C9H19NO2S/c1-13(11,12)6-2-3-8-4-5-9(8)7-10/h8-9H,2-7,10H2,1H3. The average Bonchev–Trinajstić information content (AvgIpc) is 1.95. The first-order chi connectivity index (χ1) is 6.03. The minimum Gasteiger partial charge on any atom is -0.330 e. The summed E-state index contributed by atoms with van der Waals surface area (Å²) >= 11 is 0. The molecule has 1 aliphatic rings. The molecular formula is C9H19NO2S. The molecule has 4 heteroatoms. The molecule has 1 aliphatic carbocycles. The maximum Gasteiger partial charge on any atom is 0.147 e. The second-order valence-electron chi connectivity index (χ2n) is 4.11. The van der Waals surface area contributed by atoms with Gasteiger partial charge in [0.1, 0.15) is 9.84 Å². The van der Waals surface area contributed by atoms with Crippen LogP contribution in [0.3, 0.4) is 0 Å². The van der Waals surface area contributed by atoms with Gasteiger partial charge in [0.05, 0.1) is 0 Å². The molecule has 0 aromatic rings. The van der Waals surface area contributed by atoms with Gasteiger partial charge in [0.2, 0.25) is 0 Å². The van der Waals surface area contributed by atoms with Crippen LogP contribution in [-0.4, -0.2) is 27.0 Å². The zero-order chi connectivity index (χ0) is 9.90. The van der Waals surface area contributed by atoms with Crippen molar-refractivity contribution in [2.24, 2.45) is 17.6 Å². The fourth-order valence-electron chi connectivity index (χ4n) is 1.94. The van der Waals surface area contributed by atoms with Crippen molar-refractivity contribution in [3.8, 4) is 0 Å². The van der Waals surface area contributed by atoms with E-state index >= 15 is 0 Å². The lowest BCUT2D eigenvalue weighted by atomic mass is 9.71. The molecule has 0 heterocycles. The highest BCUT2D eigenvalue weighted by molar-refractivity contribution is 7.90. The van der Waals surface area contributed by atoms with Crippen molar-refractivity contribution >= 4 is 9.84 Å². The number of nitrogens with two attached hydrogens (primary N) is 1. The number of hydrogen-bond donors (Lipinski definition) is 1. The zero-order valence-corrected chi connectivity index (χ0v) is 9.02. The van der Waals surface area contributed by atoms with E-state index in [0.717, 1.165) is 19.4 Å². The Morgan fingerprint density at radius 2 is 1.92 bits per heavy atom. The third-order valence-electron chi connectivity index (χ3n) is 2.97. The van der Waals surface area contributed by atoms with Gasteiger partial charge in [-0.3, -0.25) is 0 Å². The maximum absolute atomic E-state index is 10.8. The highest BCUT2D eigenvalue weighted by atomic mass is 32.2. The lowest BCUT2D eigenvalue weighted by Crippen LogP contribution is -2.32. The van der Waals surface area contributed by atoms with Crippen LogP contribution in [0.2, 0.25) is 0 Å². The first-order valence-electron chi connectivity index (χ1n) is 4.90. The van der Waals surface area contributed by atoms with E-state index in [9.17, 15) is 8.42 Å². The Morgan fingerprint density at radius 1 is 1.31 bits per heavy atom. The van der Waals surface area contributed by atoms with E-state index in [1.165, 1.54) is 19.1 Å². The molecular weight excluding hydrogens is 186 g/mol. The Bertz CT molecular complexity index is 246. The summed E-state index contributed by atoms with van der Waals surface area (Å²) in [5.41, 5.74) is 5.56. The van der Waals surface area contributed by atoms with E-state index in [4.69, 9.17) is 5.73 Å². The molecule has 0 saturated heterocycles. The van der Waals surface area contributed by atoms with Crippen molar-refractivity contribution in [1.29, 1.82) is 0 Å². The summed E-state index contributed by atoms with van der Waals surface area (Å²) in [4.78, 5) is 0. The van der Waals surface area contributed by atoms with Crippen molar-refractivity contribution in [3.05, 3.63) is 0 Å². The topological polar surface area (TPSA) is 60.2 Å². The van der Waals surface area contributed by atoms with Crippen LogP contribution in [0.5, 0.6) is 0 Å². The van der Waals surface area contributed by atoms with E-state index in [0.29, 0.717) is 17.6 Å². The Labute approximate surface area is 80.6 Å². The van der Waals surface area contributed by atoms with E-state index in [2.05, 4.69) is 0 Å². The predicted octanol–water partition coefficient (Wildman–Crippen LogP) is 0.796. The molecule has 0 amide bonds. The number of sulfone groups is 1. The Balaban J connectivity index is 2.13. The van der Waals surface area contributed by atoms with Gasteiger partial charge in [0.15, 0.2) is 0 Å². The van der Waals surface area contributed by atoms with Gasteiger partial charge in [0, 0.05) is 12.0 Å². The largest absolute Gasteiger partial charge is 0.330 e. The number of rotatable bonds is 5. The van der Waals surface area contributed by atoms with E-state index in [1.54, 1.807) is 0 Å². The average molecular weight is 205 g/mol. The summed E-state index contributed by atoms with van der Waals surface area (Å²) in [7, 11) is -2.76. The predicted molar refractivity (Wildman–Crippen MR) is 54.2 cm³/mol. The van der Waals surface area contributed by atoms with Gasteiger partial charge in [-0.1, -0.05) is 0 Å². The van der Waals surface area contributed by atoms with Crippen LogP contribution in [-0.2, 0) is 9.84 Å². The van der Waals surface area contributed by atoms with Gasteiger partial charge in [-0.15, -0.1) is 0 Å².